The number of nitrogens with zero attached hydrogens (tertiary/aromatic N) is 1. The highest BCUT2D eigenvalue weighted by molar-refractivity contribution is 5.90. The molecule has 0 bridgehead atoms. The van der Waals surface area contributed by atoms with Crippen LogP contribution in [0.25, 0.3) is 0 Å². The number of nitrogens with one attached hydrogen (secondary N) is 2. The van der Waals surface area contributed by atoms with Crippen molar-refractivity contribution in [2.75, 3.05) is 20.1 Å². The summed E-state index contributed by atoms with van der Waals surface area (Å²) in [4.78, 5) is 47.8. The second-order valence-corrected chi connectivity index (χ2v) is 7.12. The highest BCUT2D eigenvalue weighted by Gasteiger charge is 2.28. The van der Waals surface area contributed by atoms with Crippen molar-refractivity contribution in [1.82, 2.24) is 15.5 Å². The number of hydrogen-bond donors (Lipinski definition) is 3. The molecule has 0 aromatic heterocycles. The molecule has 0 saturated carbocycles. The van der Waals surface area contributed by atoms with Gasteiger partial charge in [-0.3, -0.25) is 14.4 Å². The van der Waals surface area contributed by atoms with Crippen LogP contribution in [0.4, 0.5) is 4.79 Å². The Labute approximate surface area is 148 Å². The molecule has 0 aliphatic carbocycles. The van der Waals surface area contributed by atoms with Crippen LogP contribution in [0.5, 0.6) is 0 Å². The lowest BCUT2D eigenvalue weighted by Gasteiger charge is -2.28. The first kappa shape index (κ1) is 22.7. The van der Waals surface area contributed by atoms with Crippen LogP contribution in [0, 0.1) is 5.92 Å². The summed E-state index contributed by atoms with van der Waals surface area (Å²) < 4.78 is 5.04. The molecule has 0 fully saturated rings. The Morgan fingerprint density at radius 1 is 1.08 bits per heavy atom. The maximum Gasteiger partial charge on any atom is 0.408 e. The van der Waals surface area contributed by atoms with Crippen molar-refractivity contribution in [3.05, 3.63) is 0 Å². The molecule has 0 aromatic carbocycles. The fourth-order valence-electron chi connectivity index (χ4n) is 1.93. The van der Waals surface area contributed by atoms with E-state index in [0.29, 0.717) is 6.42 Å². The monoisotopic (exact) mass is 359 g/mol. The number of hydrogen-bond acceptors (Lipinski definition) is 5. The van der Waals surface area contributed by atoms with Crippen LogP contribution in [-0.4, -0.2) is 65.7 Å². The maximum atomic E-state index is 12.2. The third-order valence-corrected chi connectivity index (χ3v) is 3.05. The van der Waals surface area contributed by atoms with E-state index < -0.39 is 42.1 Å². The van der Waals surface area contributed by atoms with E-state index >= 15 is 0 Å². The highest BCUT2D eigenvalue weighted by Crippen LogP contribution is 2.11. The molecule has 3 N–H and O–H groups in total. The molecule has 0 aliphatic heterocycles. The van der Waals surface area contributed by atoms with Gasteiger partial charge in [0.25, 0.3) is 0 Å². The number of carboxylic acid groups (broad SMARTS) is 1. The van der Waals surface area contributed by atoms with Crippen molar-refractivity contribution < 1.29 is 29.0 Å². The van der Waals surface area contributed by atoms with Crippen LogP contribution in [0.3, 0.4) is 0 Å². The molecule has 0 radical (unpaired) electrons. The second-order valence-electron chi connectivity index (χ2n) is 7.12. The first-order valence-electron chi connectivity index (χ1n) is 8.05. The quantitative estimate of drug-likeness (QED) is 0.582. The standard InChI is InChI=1S/C16H29N3O6/c1-10(2)7-11(14(23)17-9-13(21)22)19(6)12(20)8-18-15(24)25-16(3,4)5/h10-11H,7-9H2,1-6H3,(H,17,23)(H,18,24)(H,21,22)/t11-/m0/s1. The molecule has 0 heterocycles. The Morgan fingerprint density at radius 3 is 2.08 bits per heavy atom. The lowest BCUT2D eigenvalue weighted by Crippen LogP contribution is -2.51. The average Bonchev–Trinajstić information content (AvgIpc) is 2.45. The topological polar surface area (TPSA) is 125 Å². The normalized spacial score (nSPS) is 12.3. The van der Waals surface area contributed by atoms with E-state index in [1.165, 1.54) is 11.9 Å². The molecule has 0 rings (SSSR count). The number of ether oxygens (including phenoxy) is 1. The summed E-state index contributed by atoms with van der Waals surface area (Å²) in [6, 6.07) is -0.827. The van der Waals surface area contributed by atoms with Gasteiger partial charge in [0.2, 0.25) is 11.8 Å². The first-order valence-corrected chi connectivity index (χ1v) is 8.05. The number of likely N-dealkylation sites (N-methyl/N-ethyl adjacent to an activating group) is 1. The van der Waals surface area contributed by atoms with E-state index in [2.05, 4.69) is 10.6 Å². The van der Waals surface area contributed by atoms with E-state index in [4.69, 9.17) is 9.84 Å². The fourth-order valence-corrected chi connectivity index (χ4v) is 1.93. The highest BCUT2D eigenvalue weighted by atomic mass is 16.6. The number of carbonyl (C=O) groups is 4. The number of aliphatic carboxylic acids is 1. The minimum absolute atomic E-state index is 0.106. The zero-order chi connectivity index (χ0) is 19.8. The molecule has 9 heteroatoms. The average molecular weight is 359 g/mol. The molecule has 0 saturated heterocycles. The predicted octanol–water partition coefficient (Wildman–Crippen LogP) is 0.585. The molecule has 1 atom stereocenters. The molecule has 25 heavy (non-hydrogen) atoms. The molecular weight excluding hydrogens is 330 g/mol. The second kappa shape index (κ2) is 9.85. The van der Waals surface area contributed by atoms with Crippen LogP contribution >= 0.6 is 0 Å². The van der Waals surface area contributed by atoms with Gasteiger partial charge in [-0.25, -0.2) is 4.79 Å². The summed E-state index contributed by atoms with van der Waals surface area (Å²) in [6.45, 7) is 8.02. The van der Waals surface area contributed by atoms with Crippen LogP contribution in [0.2, 0.25) is 0 Å². The Morgan fingerprint density at radius 2 is 1.64 bits per heavy atom. The largest absolute Gasteiger partial charge is 0.480 e. The molecule has 144 valence electrons. The molecule has 0 spiro atoms. The SMILES string of the molecule is CC(C)C[C@@H](C(=O)NCC(=O)O)N(C)C(=O)CNC(=O)OC(C)(C)C. The van der Waals surface area contributed by atoms with Crippen LogP contribution < -0.4 is 10.6 Å². The van der Waals surface area contributed by atoms with Crippen LogP contribution in [0.1, 0.15) is 41.0 Å². The minimum Gasteiger partial charge on any atom is -0.480 e. The van der Waals surface area contributed by atoms with Crippen molar-refractivity contribution >= 4 is 23.9 Å². The zero-order valence-electron chi connectivity index (χ0n) is 15.7. The summed E-state index contributed by atoms with van der Waals surface area (Å²) in [5.41, 5.74) is -0.685. The van der Waals surface area contributed by atoms with Crippen molar-refractivity contribution in [1.29, 1.82) is 0 Å². The van der Waals surface area contributed by atoms with E-state index in [9.17, 15) is 19.2 Å². The van der Waals surface area contributed by atoms with Crippen molar-refractivity contribution in [3.8, 4) is 0 Å². The van der Waals surface area contributed by atoms with E-state index in [0.717, 1.165) is 0 Å². The summed E-state index contributed by atoms with van der Waals surface area (Å²) in [5.74, 6) is -2.10. The summed E-state index contributed by atoms with van der Waals surface area (Å²) in [7, 11) is 1.44. The van der Waals surface area contributed by atoms with Gasteiger partial charge in [-0.05, 0) is 33.1 Å². The number of alkyl carbamates (subject to hydrolysis) is 1. The number of rotatable bonds is 8. The van der Waals surface area contributed by atoms with Crippen molar-refractivity contribution in [3.63, 3.8) is 0 Å². The fraction of sp³-hybridized carbons (Fsp3) is 0.750. The Kier molecular flexibility index (Phi) is 8.94. The molecule has 0 aromatic rings. The van der Waals surface area contributed by atoms with Gasteiger partial charge in [-0.2, -0.15) is 0 Å². The van der Waals surface area contributed by atoms with Gasteiger partial charge in [-0.15, -0.1) is 0 Å². The van der Waals surface area contributed by atoms with Crippen molar-refractivity contribution in [2.24, 2.45) is 5.92 Å². The van der Waals surface area contributed by atoms with E-state index in [1.54, 1.807) is 20.8 Å². The Bertz CT molecular complexity index is 499. The zero-order valence-corrected chi connectivity index (χ0v) is 15.7. The number of carbonyl (C=O) groups excluding carboxylic acids is 3. The Balaban J connectivity index is 4.79. The molecular formula is C16H29N3O6. The molecule has 3 amide bonds. The van der Waals surface area contributed by atoms with Gasteiger partial charge >= 0.3 is 12.1 Å². The first-order chi connectivity index (χ1) is 11.3. The smallest absolute Gasteiger partial charge is 0.408 e. The van der Waals surface area contributed by atoms with Gasteiger partial charge in [0.15, 0.2) is 0 Å². The minimum atomic E-state index is -1.17. The number of amides is 3. The van der Waals surface area contributed by atoms with Gasteiger partial charge in [0.1, 0.15) is 24.7 Å². The van der Waals surface area contributed by atoms with Crippen LogP contribution in [-0.2, 0) is 19.1 Å². The summed E-state index contributed by atoms with van der Waals surface area (Å²) in [6.07, 6.45) is -0.370. The predicted molar refractivity (Wildman–Crippen MR) is 90.9 cm³/mol. The summed E-state index contributed by atoms with van der Waals surface area (Å²) in [5, 5.41) is 13.3. The van der Waals surface area contributed by atoms with Gasteiger partial charge in [0, 0.05) is 7.05 Å². The van der Waals surface area contributed by atoms with E-state index in [-0.39, 0.29) is 12.5 Å². The molecule has 9 nitrogen and oxygen atoms in total. The number of carboxylic acids is 1. The molecule has 0 aliphatic rings. The third-order valence-electron chi connectivity index (χ3n) is 3.05. The molecule has 0 unspecified atom stereocenters. The van der Waals surface area contributed by atoms with Crippen LogP contribution in [0.15, 0.2) is 0 Å². The Hall–Kier alpha value is -2.32. The van der Waals surface area contributed by atoms with Gasteiger partial charge in [-0.1, -0.05) is 13.8 Å². The van der Waals surface area contributed by atoms with Gasteiger partial charge in [0.05, 0.1) is 0 Å². The lowest BCUT2D eigenvalue weighted by atomic mass is 10.0. The summed E-state index contributed by atoms with van der Waals surface area (Å²) >= 11 is 0. The third kappa shape index (κ3) is 10.2. The van der Waals surface area contributed by atoms with E-state index in [1.807, 2.05) is 13.8 Å². The maximum absolute atomic E-state index is 12.2. The van der Waals surface area contributed by atoms with Crippen molar-refractivity contribution in [2.45, 2.75) is 52.7 Å². The van der Waals surface area contributed by atoms with Gasteiger partial charge < -0.3 is 25.4 Å². The lowest BCUT2D eigenvalue weighted by molar-refractivity contribution is -0.141.